The molecule has 31 heteroatoms. The zero-order chi connectivity index (χ0) is 56.0. The molecule has 0 spiro atoms. The topological polar surface area (TPSA) is 447 Å². The molecule has 0 aliphatic heterocycles. The molecule has 0 saturated carbocycles. The molecule has 0 aliphatic carbocycles. The molecular weight excluding hydrogens is 1000 g/mol. The summed E-state index contributed by atoms with van der Waals surface area (Å²) >= 11 is 8.26. The molecule has 1 rings (SSSR count). The van der Waals surface area contributed by atoms with Crippen LogP contribution in [0.4, 0.5) is 0 Å². The highest BCUT2D eigenvalue weighted by Crippen LogP contribution is 2.14. The van der Waals surface area contributed by atoms with E-state index in [1.165, 1.54) is 41.5 Å². The third-order valence-corrected chi connectivity index (χ3v) is 11.3. The summed E-state index contributed by atoms with van der Waals surface area (Å²) in [7, 11) is 0. The van der Waals surface area contributed by atoms with E-state index in [0.29, 0.717) is 0 Å². The first kappa shape index (κ1) is 64.4. The van der Waals surface area contributed by atoms with Crippen LogP contribution in [0.25, 0.3) is 0 Å². The van der Waals surface area contributed by atoms with Crippen LogP contribution in [0.3, 0.4) is 0 Å². The number of thiol groups is 2. The third-order valence-electron chi connectivity index (χ3n) is 10.5. The van der Waals surface area contributed by atoms with Gasteiger partial charge in [0.15, 0.2) is 0 Å². The molecule has 0 fully saturated rings. The highest BCUT2D eigenvalue weighted by molar-refractivity contribution is 7.80. The molecule has 73 heavy (non-hydrogen) atoms. The molecule has 1 aromatic rings. The lowest BCUT2D eigenvalue weighted by Crippen LogP contribution is -2.60. The predicted octanol–water partition coefficient (Wildman–Crippen LogP) is -8.16. The van der Waals surface area contributed by atoms with Gasteiger partial charge in [0.2, 0.25) is 65.0 Å². The van der Waals surface area contributed by atoms with Gasteiger partial charge in [-0.25, -0.2) is 4.79 Å². The maximum absolute atomic E-state index is 14.2. The normalized spacial score (nSPS) is 15.2. The van der Waals surface area contributed by atoms with Gasteiger partial charge in [-0.1, -0.05) is 13.8 Å². The van der Waals surface area contributed by atoms with Gasteiger partial charge in [-0.15, -0.1) is 0 Å². The van der Waals surface area contributed by atoms with Crippen LogP contribution in [0.2, 0.25) is 0 Å². The summed E-state index contributed by atoms with van der Waals surface area (Å²) in [5.74, 6) is -10.5. The van der Waals surface area contributed by atoms with Crippen molar-refractivity contribution in [2.45, 2.75) is 129 Å². The number of hydrogen-bond acceptors (Lipinski definition) is 18. The first-order chi connectivity index (χ1) is 34.0. The second kappa shape index (κ2) is 31.1. The van der Waals surface area contributed by atoms with E-state index in [2.05, 4.69) is 78.1 Å². The van der Waals surface area contributed by atoms with Gasteiger partial charge in [0.1, 0.15) is 54.9 Å². The summed E-state index contributed by atoms with van der Waals surface area (Å²) in [6.45, 7) is 8.55. The van der Waals surface area contributed by atoms with E-state index in [-0.39, 0.29) is 36.0 Å². The summed E-state index contributed by atoms with van der Waals surface area (Å²) in [5.41, 5.74) is 8.91. The Kier molecular flexibility index (Phi) is 27.5. The lowest BCUT2D eigenvalue weighted by Gasteiger charge is -2.33. The molecular formula is C42H70N14O15S2. The fourth-order valence-corrected chi connectivity index (χ4v) is 6.92. The summed E-state index contributed by atoms with van der Waals surface area (Å²) in [6, 6.07) is -10.9. The Hall–Kier alpha value is -6.57. The number of hydrogen-bond donors (Lipinski definition) is 16. The number of carbonyl (C=O) groups is 11. The average molecular weight is 1080 g/mol. The molecule has 1 heterocycles. The lowest BCUT2D eigenvalue weighted by molar-refractivity contribution is -0.142. The number of aromatic nitrogens is 2. The van der Waals surface area contributed by atoms with Crippen molar-refractivity contribution in [3.8, 4) is 0 Å². The number of primary amides is 1. The largest absolute Gasteiger partial charge is 0.391 e. The minimum absolute atomic E-state index is 0.0455. The summed E-state index contributed by atoms with van der Waals surface area (Å²) in [6.07, 6.45) is -1.63. The number of nitrogens with zero attached hydrogens (tertiary/aromatic N) is 2. The Bertz CT molecular complexity index is 2280. The van der Waals surface area contributed by atoms with Crippen LogP contribution in [-0.4, -0.2) is 188 Å². The van der Waals surface area contributed by atoms with E-state index in [9.17, 15) is 72.5 Å². The number of aliphatic hydroxyl groups is 2. The van der Waals surface area contributed by atoms with E-state index in [1.807, 2.05) is 0 Å². The van der Waals surface area contributed by atoms with Gasteiger partial charge in [0, 0.05) is 36.4 Å². The van der Waals surface area contributed by atoms with E-state index < -0.39 is 163 Å². The number of amides is 11. The molecule has 0 aliphatic rings. The van der Waals surface area contributed by atoms with Crippen molar-refractivity contribution < 1.29 is 63.0 Å². The molecule has 1 aromatic heterocycles. The van der Waals surface area contributed by atoms with Crippen molar-refractivity contribution in [1.29, 1.82) is 0 Å². The maximum Gasteiger partial charge on any atom is 0.328 e. The predicted molar refractivity (Wildman–Crippen MR) is 267 cm³/mol. The van der Waals surface area contributed by atoms with Gasteiger partial charge in [-0.3, -0.25) is 67.1 Å². The molecule has 0 bridgehead atoms. The molecule has 0 aromatic carbocycles. The highest BCUT2D eigenvalue weighted by Gasteiger charge is 2.35. The fraction of sp³-hybridized carbons (Fsp3) is 0.643. The number of nitrogens with one attached hydrogen (secondary N) is 10. The Labute approximate surface area is 430 Å². The second-order valence-corrected chi connectivity index (χ2v) is 18.0. The monoisotopic (exact) mass is 1070 g/mol. The second-order valence-electron chi connectivity index (χ2n) is 17.3. The van der Waals surface area contributed by atoms with Gasteiger partial charge in [-0.2, -0.15) is 25.3 Å². The van der Waals surface area contributed by atoms with E-state index >= 15 is 0 Å². The third kappa shape index (κ3) is 21.6. The van der Waals surface area contributed by atoms with Crippen LogP contribution in [0.15, 0.2) is 15.8 Å². The Morgan fingerprint density at radius 3 is 1.68 bits per heavy atom. The Balaban J connectivity index is 3.23. The van der Waals surface area contributed by atoms with Gasteiger partial charge in [0.05, 0.1) is 25.3 Å². The Morgan fingerprint density at radius 2 is 1.16 bits per heavy atom. The van der Waals surface area contributed by atoms with Gasteiger partial charge < -0.3 is 74.4 Å². The van der Waals surface area contributed by atoms with Crippen molar-refractivity contribution >= 4 is 90.2 Å². The number of rotatable bonds is 30. The fourth-order valence-electron chi connectivity index (χ4n) is 6.40. The maximum atomic E-state index is 14.2. The number of aliphatic hydroxyl groups excluding tert-OH is 2. The minimum Gasteiger partial charge on any atom is -0.391 e. The van der Waals surface area contributed by atoms with Crippen LogP contribution >= 0.6 is 25.3 Å². The molecule has 0 radical (unpaired) electrons. The molecule has 29 nitrogen and oxygen atoms in total. The molecule has 16 N–H and O–H groups in total. The van der Waals surface area contributed by atoms with Gasteiger partial charge in [-0.05, 0) is 53.9 Å². The van der Waals surface area contributed by atoms with Crippen LogP contribution in [0, 0.1) is 12.8 Å². The quantitative estimate of drug-likeness (QED) is 0.0318. The first-order valence-electron chi connectivity index (χ1n) is 22.8. The number of aryl methyl sites for hydroxylation is 1. The molecule has 10 atom stereocenters. The van der Waals surface area contributed by atoms with Crippen molar-refractivity contribution in [3.05, 3.63) is 32.6 Å². The number of aromatic amines is 1. The molecule has 410 valence electrons. The lowest BCUT2D eigenvalue weighted by atomic mass is 10.0. The van der Waals surface area contributed by atoms with E-state index in [4.69, 9.17) is 11.5 Å². The van der Waals surface area contributed by atoms with Crippen LogP contribution < -0.4 is 70.6 Å². The van der Waals surface area contributed by atoms with Crippen molar-refractivity contribution in [2.24, 2.45) is 17.4 Å². The number of H-pyrrole nitrogens is 1. The van der Waals surface area contributed by atoms with Crippen LogP contribution in [0.1, 0.15) is 60.5 Å². The Morgan fingerprint density at radius 1 is 0.658 bits per heavy atom. The van der Waals surface area contributed by atoms with Crippen LogP contribution in [0.5, 0.6) is 0 Å². The summed E-state index contributed by atoms with van der Waals surface area (Å²) < 4.78 is 0.900. The first-order valence-corrected chi connectivity index (χ1v) is 24.1. The van der Waals surface area contributed by atoms with Crippen molar-refractivity contribution in [3.63, 3.8) is 0 Å². The van der Waals surface area contributed by atoms with E-state index in [0.717, 1.165) is 15.7 Å². The molecule has 11 amide bonds. The van der Waals surface area contributed by atoms with Gasteiger partial charge in [0.25, 0.3) is 5.56 Å². The smallest absolute Gasteiger partial charge is 0.328 e. The number of nitrogens with two attached hydrogens (primary N) is 2. The minimum atomic E-state index is -1.48. The van der Waals surface area contributed by atoms with Crippen molar-refractivity contribution in [1.82, 2.24) is 62.3 Å². The zero-order valence-electron chi connectivity index (χ0n) is 41.7. The van der Waals surface area contributed by atoms with Crippen molar-refractivity contribution in [2.75, 3.05) is 37.7 Å². The van der Waals surface area contributed by atoms with Crippen LogP contribution in [-0.2, 0) is 59.3 Å². The van der Waals surface area contributed by atoms with E-state index in [1.54, 1.807) is 13.8 Å². The summed E-state index contributed by atoms with van der Waals surface area (Å²) in [4.78, 5) is 170. The standard InChI is InChI=1S/C42H70N14O15S2/c1-18(2)11-27(40(69)51-25(16-72)38(67)48-22(6)37(66)50-26(17-73)39(68)53-31(23(7)57)33(44)62)56(30(61)15-55-14-19(3)34(63)54-42(55)71)10-9-45-35(64)20(4)47-29(60)13-46-36(65)21(5)49-41(70)32(24(8)58)52-28(59)12-43/h14,18,20-27,31-32,57-58,72-73H,9-13,15-17,43H2,1-8H3,(H2,44,62)(H,45,64)(H,46,65)(H,47,60)(H,48,67)(H,49,70)(H,50,66)(H,51,69)(H,52,59)(H,53,68)(H,54,63,71)/t20-,21-,22-,23+,24+,25-,26-,27-,31-,32-/m0/s1. The number of carbonyl (C=O) groups excluding carboxylic acids is 11. The molecule has 0 unspecified atom stereocenters. The van der Waals surface area contributed by atoms with Gasteiger partial charge >= 0.3 is 5.69 Å². The average Bonchev–Trinajstić information content (AvgIpc) is 3.31. The highest BCUT2D eigenvalue weighted by atomic mass is 32.1. The summed E-state index contributed by atoms with van der Waals surface area (Å²) in [5, 5.41) is 40.9. The zero-order valence-corrected chi connectivity index (χ0v) is 43.5. The SMILES string of the molecule is Cc1cn(CC(=O)N(CCNC(=O)[C@H](C)NC(=O)CNC(=O)[C@H](C)NC(=O)[C@@H](NC(=O)CN)[C@@H](C)O)[C@@H](CC(C)C)C(=O)N[C@@H](CS)C(=O)N[C@@H](C)C(=O)N[C@@H](CS)C(=O)N[C@H](C(N)=O)[C@@H](C)O)c(=O)[nH]c1=O. The molecule has 0 saturated heterocycles.